The molecule has 0 radical (unpaired) electrons. The summed E-state index contributed by atoms with van der Waals surface area (Å²) in [6.07, 6.45) is -9.65. The first-order valence-electron chi connectivity index (χ1n) is 12.9. The van der Waals surface area contributed by atoms with E-state index in [1.165, 1.54) is 36.4 Å². The van der Waals surface area contributed by atoms with E-state index in [1.807, 2.05) is 18.7 Å². The van der Waals surface area contributed by atoms with Crippen molar-refractivity contribution in [2.75, 3.05) is 10.8 Å². The number of aromatic nitrogens is 3. The van der Waals surface area contributed by atoms with Crippen molar-refractivity contribution in [3.8, 4) is 17.1 Å². The third kappa shape index (κ3) is 5.92. The van der Waals surface area contributed by atoms with E-state index >= 15 is 0 Å². The fourth-order valence-electron chi connectivity index (χ4n) is 4.40. The van der Waals surface area contributed by atoms with Crippen LogP contribution < -0.4 is 4.90 Å². The quantitative estimate of drug-likeness (QED) is 0.116. The second-order valence-corrected chi connectivity index (χ2v) is 10.9. The Morgan fingerprint density at radius 1 is 0.886 bits per heavy atom. The highest BCUT2D eigenvalue weighted by atomic mass is 32.2. The number of amidine groups is 1. The average molecular weight is 639 g/mol. The molecule has 1 saturated heterocycles. The molecule has 0 unspecified atom stereocenters. The van der Waals surface area contributed by atoms with Gasteiger partial charge in [-0.3, -0.25) is 0 Å². The van der Waals surface area contributed by atoms with Crippen LogP contribution in [0, 0.1) is 5.82 Å². The third-order valence-electron chi connectivity index (χ3n) is 6.78. The molecule has 4 aromatic rings. The van der Waals surface area contributed by atoms with Crippen molar-refractivity contribution >= 4 is 28.8 Å². The van der Waals surface area contributed by atoms with Gasteiger partial charge in [0.2, 0.25) is 0 Å². The zero-order valence-electron chi connectivity index (χ0n) is 22.9. The molecule has 15 heteroatoms. The van der Waals surface area contributed by atoms with Gasteiger partial charge in [-0.25, -0.2) is 18.4 Å². The minimum atomic E-state index is -6.20. The van der Waals surface area contributed by atoms with Crippen molar-refractivity contribution < 1.29 is 35.1 Å². The minimum Gasteiger partial charge on any atom is -0.309 e. The standard InChI is InChI=1S/C29H22F8N6S/c1-17(2)23-12-9-21(30)13-24(23)42-16-44-26(42)40-39-14-18-3-5-19(6-4-18)25-38-15-43(41-25)22-10-7-20(8-11-22)27(31,28(32,33)34)29(35,36)37/h3-15,17H,16H2,1-2H3. The monoisotopic (exact) mass is 638 g/mol. The van der Waals surface area contributed by atoms with Crippen LogP contribution in [0.4, 0.5) is 40.8 Å². The van der Waals surface area contributed by atoms with Gasteiger partial charge < -0.3 is 4.90 Å². The van der Waals surface area contributed by atoms with E-state index in [4.69, 9.17) is 0 Å². The normalized spacial score (nSPS) is 15.4. The molecule has 0 amide bonds. The van der Waals surface area contributed by atoms with Gasteiger partial charge in [0.25, 0.3) is 0 Å². The van der Waals surface area contributed by atoms with E-state index in [9.17, 15) is 35.1 Å². The number of nitrogens with zero attached hydrogens (tertiary/aromatic N) is 6. The number of alkyl halides is 7. The van der Waals surface area contributed by atoms with Crippen molar-refractivity contribution in [2.45, 2.75) is 37.8 Å². The zero-order chi connectivity index (χ0) is 31.9. The molecule has 0 aliphatic carbocycles. The molecule has 0 saturated carbocycles. The van der Waals surface area contributed by atoms with Crippen LogP contribution in [0.25, 0.3) is 17.1 Å². The van der Waals surface area contributed by atoms with E-state index in [1.54, 1.807) is 30.3 Å². The summed E-state index contributed by atoms with van der Waals surface area (Å²) in [4.78, 5) is 6.02. The Bertz CT molecular complexity index is 1680. The summed E-state index contributed by atoms with van der Waals surface area (Å²) in [5.74, 6) is 0.699. The molecule has 230 valence electrons. The summed E-state index contributed by atoms with van der Waals surface area (Å²) in [5, 5.41) is 13.2. The fraction of sp³-hybridized carbons (Fsp3) is 0.241. The number of hydrogen-bond acceptors (Lipinski definition) is 5. The second kappa shape index (κ2) is 11.7. The Morgan fingerprint density at radius 2 is 1.55 bits per heavy atom. The molecule has 44 heavy (non-hydrogen) atoms. The van der Waals surface area contributed by atoms with Crippen molar-refractivity contribution in [1.82, 2.24) is 14.8 Å². The molecule has 2 heterocycles. The van der Waals surface area contributed by atoms with Crippen LogP contribution in [0.3, 0.4) is 0 Å². The van der Waals surface area contributed by atoms with Crippen molar-refractivity contribution in [2.24, 2.45) is 10.2 Å². The Kier molecular flexibility index (Phi) is 8.27. The van der Waals surface area contributed by atoms with E-state index in [2.05, 4.69) is 20.3 Å². The highest BCUT2D eigenvalue weighted by molar-refractivity contribution is 8.16. The maximum Gasteiger partial charge on any atom is 0.435 e. The van der Waals surface area contributed by atoms with Crippen molar-refractivity contribution in [1.29, 1.82) is 0 Å². The minimum absolute atomic E-state index is 0.0729. The van der Waals surface area contributed by atoms with E-state index in [0.29, 0.717) is 34.3 Å². The first kappa shape index (κ1) is 31.2. The maximum absolute atomic E-state index is 14.3. The zero-order valence-corrected chi connectivity index (χ0v) is 23.7. The predicted octanol–water partition coefficient (Wildman–Crippen LogP) is 8.39. The van der Waals surface area contributed by atoms with E-state index in [0.717, 1.165) is 28.1 Å². The first-order valence-corrected chi connectivity index (χ1v) is 13.9. The lowest BCUT2D eigenvalue weighted by Crippen LogP contribution is -2.50. The summed E-state index contributed by atoms with van der Waals surface area (Å²) in [6.45, 7) is 4.05. The topological polar surface area (TPSA) is 58.7 Å². The number of benzene rings is 3. The molecule has 0 atom stereocenters. The van der Waals surface area contributed by atoms with E-state index in [-0.39, 0.29) is 23.2 Å². The molecule has 0 spiro atoms. The van der Waals surface area contributed by atoms with Gasteiger partial charge in [0.15, 0.2) is 11.0 Å². The Labute approximate surface area is 250 Å². The van der Waals surface area contributed by atoms with Crippen molar-refractivity contribution in [3.05, 3.63) is 95.6 Å². The summed E-state index contributed by atoms with van der Waals surface area (Å²) in [7, 11) is 0. The number of hydrogen-bond donors (Lipinski definition) is 0. The lowest BCUT2D eigenvalue weighted by atomic mass is 9.94. The Balaban J connectivity index is 1.27. The molecule has 1 fully saturated rings. The van der Waals surface area contributed by atoms with Crippen LogP contribution in [0.5, 0.6) is 0 Å². The summed E-state index contributed by atoms with van der Waals surface area (Å²) >= 11 is 1.48. The predicted molar refractivity (Wildman–Crippen MR) is 152 cm³/mol. The summed E-state index contributed by atoms with van der Waals surface area (Å²) in [5.41, 5.74) is -4.03. The molecular formula is C29H22F8N6S. The van der Waals surface area contributed by atoms with Crippen LogP contribution in [0.15, 0.2) is 83.3 Å². The highest BCUT2D eigenvalue weighted by Crippen LogP contribution is 2.53. The van der Waals surface area contributed by atoms with Gasteiger partial charge in [0, 0.05) is 11.1 Å². The van der Waals surface area contributed by atoms with Gasteiger partial charge in [-0.15, -0.1) is 10.2 Å². The molecule has 5 rings (SSSR count). The second-order valence-electron chi connectivity index (χ2n) is 10.0. The number of rotatable bonds is 7. The number of anilines is 1. The molecular weight excluding hydrogens is 616 g/mol. The average Bonchev–Trinajstić information content (AvgIpc) is 3.44. The van der Waals surface area contributed by atoms with Crippen LogP contribution in [-0.4, -0.2) is 44.4 Å². The first-order chi connectivity index (χ1) is 20.7. The van der Waals surface area contributed by atoms with Crippen LogP contribution in [0.2, 0.25) is 0 Å². The van der Waals surface area contributed by atoms with Gasteiger partial charge in [0.1, 0.15) is 12.1 Å². The Hall–Kier alpha value is -4.27. The SMILES string of the molecule is CC(C)c1ccc(F)cc1N1CSC1=NN=Cc1ccc(-c2ncn(-c3ccc(C(F)(C(F)(F)F)C(F)(F)F)cc3)n2)cc1. The Morgan fingerprint density at radius 3 is 2.11 bits per heavy atom. The van der Waals surface area contributed by atoms with Crippen LogP contribution in [0.1, 0.15) is 36.5 Å². The highest BCUT2D eigenvalue weighted by Gasteiger charge is 2.73. The van der Waals surface area contributed by atoms with Gasteiger partial charge in [-0.2, -0.15) is 31.4 Å². The smallest absolute Gasteiger partial charge is 0.309 e. The van der Waals surface area contributed by atoms with Gasteiger partial charge >= 0.3 is 18.0 Å². The molecule has 6 nitrogen and oxygen atoms in total. The number of halogens is 8. The number of thioether (sulfide) groups is 1. The molecule has 0 N–H and O–H groups in total. The largest absolute Gasteiger partial charge is 0.435 e. The fourth-order valence-corrected chi connectivity index (χ4v) is 5.11. The lowest BCUT2D eigenvalue weighted by molar-refractivity contribution is -0.348. The summed E-state index contributed by atoms with van der Waals surface area (Å²) in [6, 6.07) is 14.1. The van der Waals surface area contributed by atoms with Gasteiger partial charge in [-0.1, -0.05) is 68.1 Å². The van der Waals surface area contributed by atoms with Crippen LogP contribution in [-0.2, 0) is 5.67 Å². The third-order valence-corrected chi connectivity index (χ3v) is 7.73. The molecule has 3 aromatic carbocycles. The van der Waals surface area contributed by atoms with Gasteiger partial charge in [-0.05, 0) is 41.3 Å². The molecule has 0 bridgehead atoms. The lowest BCUT2D eigenvalue weighted by Gasteiger charge is -2.35. The summed E-state index contributed by atoms with van der Waals surface area (Å²) < 4.78 is 108. The molecule has 1 aliphatic rings. The maximum atomic E-state index is 14.3. The molecule has 1 aliphatic heterocycles. The molecule has 1 aromatic heterocycles. The van der Waals surface area contributed by atoms with Crippen LogP contribution >= 0.6 is 11.8 Å². The van der Waals surface area contributed by atoms with E-state index < -0.39 is 23.6 Å². The van der Waals surface area contributed by atoms with Crippen molar-refractivity contribution in [3.63, 3.8) is 0 Å². The van der Waals surface area contributed by atoms with Gasteiger partial charge in [0.05, 0.1) is 23.5 Å².